The van der Waals surface area contributed by atoms with Gasteiger partial charge in [-0.3, -0.25) is 4.98 Å². The molecule has 1 aromatic carbocycles. The minimum Gasteiger partial charge on any atom is -0.335 e. The maximum absolute atomic E-state index is 13.0. The first-order valence-electron chi connectivity index (χ1n) is 7.39. The zero-order chi connectivity index (χ0) is 16.7. The van der Waals surface area contributed by atoms with Gasteiger partial charge in [-0.05, 0) is 29.8 Å². The van der Waals surface area contributed by atoms with Crippen molar-refractivity contribution in [2.75, 3.05) is 0 Å². The third kappa shape index (κ3) is 2.40. The second-order valence-electron chi connectivity index (χ2n) is 5.50. The monoisotopic (exact) mass is 327 g/mol. The molecule has 0 atom stereocenters. The van der Waals surface area contributed by atoms with E-state index in [4.69, 9.17) is 0 Å². The average molecular weight is 327 g/mol. The van der Waals surface area contributed by atoms with Crippen molar-refractivity contribution >= 4 is 21.8 Å². The van der Waals surface area contributed by atoms with Crippen molar-refractivity contribution in [3.8, 4) is 11.1 Å². The van der Waals surface area contributed by atoms with Crippen LogP contribution in [-0.4, -0.2) is 21.0 Å². The molecule has 0 saturated heterocycles. The smallest absolute Gasteiger partial charge is 0.256 e. The molecule has 0 N–H and O–H groups in total. The molecule has 0 radical (unpaired) electrons. The van der Waals surface area contributed by atoms with Crippen LogP contribution >= 0.6 is 0 Å². The lowest BCUT2D eigenvalue weighted by molar-refractivity contribution is 0.129. The van der Waals surface area contributed by atoms with E-state index in [1.165, 1.54) is 12.3 Å². The topological polar surface area (TPSA) is 30.7 Å². The van der Waals surface area contributed by atoms with Crippen LogP contribution < -0.4 is 0 Å². The van der Waals surface area contributed by atoms with E-state index in [0.717, 1.165) is 27.4 Å². The highest BCUT2D eigenvalue weighted by Gasteiger charge is 2.15. The molecule has 0 spiro atoms. The summed E-state index contributed by atoms with van der Waals surface area (Å²) in [5.74, 6) is -0.558. The predicted molar refractivity (Wildman–Crippen MR) is 86.4 cm³/mol. The average Bonchev–Trinajstić information content (AvgIpc) is 2.89. The van der Waals surface area contributed by atoms with Crippen LogP contribution in [0.3, 0.4) is 0 Å². The summed E-state index contributed by atoms with van der Waals surface area (Å²) in [6, 6.07) is 10.2. The Bertz CT molecular complexity index is 1020. The van der Waals surface area contributed by atoms with Gasteiger partial charge in [0.25, 0.3) is 6.43 Å². The van der Waals surface area contributed by atoms with Gasteiger partial charge in [0.15, 0.2) is 0 Å². The molecule has 3 heterocycles. The minimum absolute atomic E-state index is 0.394. The Morgan fingerprint density at radius 1 is 0.917 bits per heavy atom. The Hall–Kier alpha value is -2.89. The first-order chi connectivity index (χ1) is 11.6. The Labute approximate surface area is 135 Å². The Morgan fingerprint density at radius 3 is 2.50 bits per heavy atom. The molecular weight excluding hydrogens is 315 g/mol. The number of nitrogens with zero attached hydrogens (tertiary/aromatic N) is 3. The number of fused-ring (bicyclic) bond motifs is 3. The highest BCUT2D eigenvalue weighted by atomic mass is 19.3. The summed E-state index contributed by atoms with van der Waals surface area (Å²) in [5.41, 5.74) is 2.93. The lowest BCUT2D eigenvalue weighted by Crippen LogP contribution is -2.06. The SMILES string of the molecule is Fc1ccc(-c2ccc3c4cnccc4n(CC(F)F)c3c2)cn1. The van der Waals surface area contributed by atoms with Crippen LogP contribution in [-0.2, 0) is 6.54 Å². The molecule has 0 aliphatic heterocycles. The standard InChI is InChI=1S/C18H12F3N3/c19-17(20)10-24-15-5-6-22-9-14(15)13-3-1-11(7-16(13)24)12-2-4-18(21)23-8-12/h1-9,17H,10H2. The third-order valence-corrected chi connectivity index (χ3v) is 4.05. The number of halogens is 3. The lowest BCUT2D eigenvalue weighted by Gasteiger charge is -2.08. The summed E-state index contributed by atoms with van der Waals surface area (Å²) < 4.78 is 40.7. The van der Waals surface area contributed by atoms with E-state index in [0.29, 0.717) is 5.52 Å². The highest BCUT2D eigenvalue weighted by molar-refractivity contribution is 6.08. The van der Waals surface area contributed by atoms with Gasteiger partial charge < -0.3 is 4.57 Å². The molecular formula is C18H12F3N3. The molecule has 120 valence electrons. The zero-order valence-electron chi connectivity index (χ0n) is 12.5. The fourth-order valence-electron chi connectivity index (χ4n) is 3.00. The largest absolute Gasteiger partial charge is 0.335 e. The van der Waals surface area contributed by atoms with E-state index in [1.54, 1.807) is 29.1 Å². The van der Waals surface area contributed by atoms with E-state index in [9.17, 15) is 13.2 Å². The van der Waals surface area contributed by atoms with Crippen LogP contribution in [0.5, 0.6) is 0 Å². The second kappa shape index (κ2) is 5.63. The van der Waals surface area contributed by atoms with Crippen molar-refractivity contribution < 1.29 is 13.2 Å². The quantitative estimate of drug-likeness (QED) is 0.513. The van der Waals surface area contributed by atoms with Gasteiger partial charge in [-0.25, -0.2) is 13.8 Å². The van der Waals surface area contributed by atoms with Gasteiger partial charge in [-0.1, -0.05) is 12.1 Å². The number of aromatic nitrogens is 3. The van der Waals surface area contributed by atoms with Crippen molar-refractivity contribution in [1.82, 2.24) is 14.5 Å². The van der Waals surface area contributed by atoms with Gasteiger partial charge >= 0.3 is 0 Å². The molecule has 0 unspecified atom stereocenters. The van der Waals surface area contributed by atoms with Crippen molar-refractivity contribution in [3.05, 3.63) is 60.9 Å². The molecule has 0 saturated carbocycles. The molecule has 4 rings (SSSR count). The number of benzene rings is 1. The number of pyridine rings is 2. The van der Waals surface area contributed by atoms with Crippen molar-refractivity contribution in [2.45, 2.75) is 13.0 Å². The molecule has 3 aromatic heterocycles. The Morgan fingerprint density at radius 2 is 1.75 bits per heavy atom. The summed E-state index contributed by atoms with van der Waals surface area (Å²) in [6.07, 6.45) is 2.23. The summed E-state index contributed by atoms with van der Waals surface area (Å²) in [4.78, 5) is 7.74. The number of hydrogen-bond acceptors (Lipinski definition) is 2. The number of alkyl halides is 2. The fraction of sp³-hybridized carbons (Fsp3) is 0.111. The Balaban J connectivity index is 1.98. The van der Waals surface area contributed by atoms with E-state index in [-0.39, 0.29) is 0 Å². The first kappa shape index (κ1) is 14.7. The molecule has 0 amide bonds. The number of hydrogen-bond donors (Lipinski definition) is 0. The van der Waals surface area contributed by atoms with Crippen LogP contribution in [0.15, 0.2) is 55.0 Å². The van der Waals surface area contributed by atoms with Crippen molar-refractivity contribution in [2.24, 2.45) is 0 Å². The summed E-state index contributed by atoms with van der Waals surface area (Å²) in [7, 11) is 0. The summed E-state index contributed by atoms with van der Waals surface area (Å²) in [5, 5.41) is 1.69. The zero-order valence-corrected chi connectivity index (χ0v) is 12.5. The van der Waals surface area contributed by atoms with Gasteiger partial charge in [0.2, 0.25) is 5.95 Å². The molecule has 6 heteroatoms. The molecule has 4 aromatic rings. The van der Waals surface area contributed by atoms with Gasteiger partial charge in [-0.2, -0.15) is 4.39 Å². The van der Waals surface area contributed by atoms with E-state index >= 15 is 0 Å². The molecule has 24 heavy (non-hydrogen) atoms. The number of rotatable bonds is 3. The van der Waals surface area contributed by atoms with Crippen LogP contribution in [0.4, 0.5) is 13.2 Å². The van der Waals surface area contributed by atoms with Crippen molar-refractivity contribution in [3.63, 3.8) is 0 Å². The van der Waals surface area contributed by atoms with Gasteiger partial charge in [-0.15, -0.1) is 0 Å². The van der Waals surface area contributed by atoms with Crippen LogP contribution in [0.2, 0.25) is 0 Å². The Kier molecular flexibility index (Phi) is 3.45. The van der Waals surface area contributed by atoms with Gasteiger partial charge in [0.1, 0.15) is 0 Å². The molecule has 0 aliphatic carbocycles. The summed E-state index contributed by atoms with van der Waals surface area (Å²) in [6.45, 7) is -0.394. The van der Waals surface area contributed by atoms with Crippen LogP contribution in [0.25, 0.3) is 32.9 Å². The fourth-order valence-corrected chi connectivity index (χ4v) is 3.00. The molecule has 0 bridgehead atoms. The summed E-state index contributed by atoms with van der Waals surface area (Å²) >= 11 is 0. The molecule has 3 nitrogen and oxygen atoms in total. The third-order valence-electron chi connectivity index (χ3n) is 4.05. The maximum atomic E-state index is 13.0. The lowest BCUT2D eigenvalue weighted by atomic mass is 10.1. The highest BCUT2D eigenvalue weighted by Crippen LogP contribution is 2.32. The predicted octanol–water partition coefficient (Wildman–Crippen LogP) is 4.66. The van der Waals surface area contributed by atoms with E-state index < -0.39 is 18.9 Å². The van der Waals surface area contributed by atoms with Crippen LogP contribution in [0.1, 0.15) is 0 Å². The van der Waals surface area contributed by atoms with Gasteiger partial charge in [0.05, 0.1) is 12.1 Å². The normalized spacial score (nSPS) is 11.7. The first-order valence-corrected chi connectivity index (χ1v) is 7.39. The second-order valence-corrected chi connectivity index (χ2v) is 5.50. The maximum Gasteiger partial charge on any atom is 0.256 e. The van der Waals surface area contributed by atoms with Crippen molar-refractivity contribution in [1.29, 1.82) is 0 Å². The van der Waals surface area contributed by atoms with Gasteiger partial charge in [0, 0.05) is 40.4 Å². The molecule has 0 aliphatic rings. The minimum atomic E-state index is -2.46. The van der Waals surface area contributed by atoms with E-state index in [2.05, 4.69) is 9.97 Å². The molecule has 0 fully saturated rings. The van der Waals surface area contributed by atoms with Crippen LogP contribution in [0, 0.1) is 5.95 Å². The van der Waals surface area contributed by atoms with E-state index in [1.807, 2.05) is 18.2 Å².